The predicted octanol–water partition coefficient (Wildman–Crippen LogP) is -3.67. The van der Waals surface area contributed by atoms with Crippen molar-refractivity contribution in [1.82, 2.24) is 14.9 Å². The fourth-order valence-electron chi connectivity index (χ4n) is 3.73. The lowest BCUT2D eigenvalue weighted by atomic mass is 9.97. The van der Waals surface area contributed by atoms with Crippen LogP contribution >= 0.6 is 15.6 Å². The fourth-order valence-corrected chi connectivity index (χ4v) is 5.90. The summed E-state index contributed by atoms with van der Waals surface area (Å²) in [6.07, 6.45) is -13.6. The number of phosphoric ester groups is 2. The highest BCUT2D eigenvalue weighted by atomic mass is 31.3. The van der Waals surface area contributed by atoms with Gasteiger partial charge in [0.1, 0.15) is 49.3 Å². The molecule has 2 aliphatic rings. The van der Waals surface area contributed by atoms with Crippen molar-refractivity contribution in [1.29, 1.82) is 0 Å². The van der Waals surface area contributed by atoms with E-state index >= 15 is 0 Å². The third-order valence-electron chi connectivity index (χ3n) is 5.53. The van der Waals surface area contributed by atoms with Crippen LogP contribution in [0.15, 0.2) is 21.9 Å². The van der Waals surface area contributed by atoms with Gasteiger partial charge in [0.15, 0.2) is 12.5 Å². The lowest BCUT2D eigenvalue weighted by Crippen LogP contribution is -2.64. The predicted molar refractivity (Wildman–Crippen MR) is 119 cm³/mol. The number of ether oxygens (including phenoxy) is 2. The summed E-state index contributed by atoms with van der Waals surface area (Å²) in [7, 11) is -11.2. The van der Waals surface area contributed by atoms with Gasteiger partial charge in [-0.3, -0.25) is 28.2 Å². The molecule has 1 aromatic rings. The summed E-state index contributed by atoms with van der Waals surface area (Å²) in [6.45, 7) is -1.48. The van der Waals surface area contributed by atoms with Gasteiger partial charge in [0, 0.05) is 19.2 Å². The molecule has 3 rings (SSSR count). The van der Waals surface area contributed by atoms with Crippen molar-refractivity contribution in [2.45, 2.75) is 62.1 Å². The Morgan fingerprint density at radius 3 is 2.31 bits per heavy atom. The molecular formula is C17H26FN3O16P2. The first-order valence-electron chi connectivity index (χ1n) is 10.9. The van der Waals surface area contributed by atoms with Crippen LogP contribution in [0.1, 0.15) is 13.2 Å². The molecule has 1 aromatic heterocycles. The first kappa shape index (κ1) is 31.6. The second-order valence-corrected chi connectivity index (χ2v) is 11.4. The maximum atomic E-state index is 13.2. The highest BCUT2D eigenvalue weighted by Gasteiger charge is 2.50. The number of nitrogens with zero attached hydrogens (tertiary/aromatic N) is 1. The lowest BCUT2D eigenvalue weighted by Gasteiger charge is -2.41. The van der Waals surface area contributed by atoms with Gasteiger partial charge in [-0.25, -0.2) is 18.3 Å². The van der Waals surface area contributed by atoms with Crippen molar-refractivity contribution < 1.29 is 71.4 Å². The minimum Gasteiger partial charge on any atom is -0.388 e. The highest BCUT2D eigenvalue weighted by molar-refractivity contribution is 7.61. The molecule has 1 amide bonds. The van der Waals surface area contributed by atoms with Crippen LogP contribution < -0.4 is 16.6 Å². The maximum absolute atomic E-state index is 13.2. The Bertz CT molecular complexity index is 1240. The minimum absolute atomic E-state index is 0.714. The van der Waals surface area contributed by atoms with Gasteiger partial charge < -0.3 is 45.0 Å². The number of nitrogens with one attached hydrogen (secondary N) is 2. The molecule has 2 unspecified atom stereocenters. The van der Waals surface area contributed by atoms with Crippen LogP contribution in [-0.2, 0) is 36.8 Å². The van der Waals surface area contributed by atoms with Crippen LogP contribution in [0, 0.1) is 0 Å². The van der Waals surface area contributed by atoms with E-state index in [0.29, 0.717) is 4.57 Å². The van der Waals surface area contributed by atoms with E-state index in [4.69, 9.17) is 9.47 Å². The zero-order valence-corrected chi connectivity index (χ0v) is 21.5. The average Bonchev–Trinajstić information content (AvgIpc) is 3.10. The van der Waals surface area contributed by atoms with Crippen molar-refractivity contribution in [2.24, 2.45) is 0 Å². The molecule has 3 heterocycles. The summed E-state index contributed by atoms with van der Waals surface area (Å²) < 4.78 is 62.1. The molecule has 8 N–H and O–H groups in total. The number of rotatable bonds is 10. The number of aliphatic hydroxyl groups is 4. The van der Waals surface area contributed by atoms with Gasteiger partial charge >= 0.3 is 21.3 Å². The first-order chi connectivity index (χ1) is 18.0. The molecule has 0 aromatic carbocycles. The van der Waals surface area contributed by atoms with Gasteiger partial charge in [0.2, 0.25) is 5.91 Å². The Labute approximate surface area is 216 Å². The van der Waals surface area contributed by atoms with E-state index in [0.717, 1.165) is 19.2 Å². The molecule has 2 aliphatic heterocycles. The molecular weight excluding hydrogens is 583 g/mol. The van der Waals surface area contributed by atoms with E-state index in [1.165, 1.54) is 0 Å². The van der Waals surface area contributed by atoms with E-state index in [1.807, 2.05) is 4.98 Å². The molecule has 0 saturated carbocycles. The quantitative estimate of drug-likeness (QED) is 0.119. The fraction of sp³-hybridized carbons (Fsp3) is 0.706. The number of amides is 1. The number of carbonyl (C=O) groups is 1. The zero-order chi connectivity index (χ0) is 29.3. The van der Waals surface area contributed by atoms with Gasteiger partial charge in [-0.05, 0) is 0 Å². The van der Waals surface area contributed by atoms with Crippen molar-refractivity contribution in [3.63, 3.8) is 0 Å². The smallest absolute Gasteiger partial charge is 0.388 e. The Morgan fingerprint density at radius 1 is 1.08 bits per heavy atom. The Hall–Kier alpha value is -1.90. The van der Waals surface area contributed by atoms with E-state index in [1.54, 1.807) is 0 Å². The normalized spacial score (nSPS) is 36.2. The molecule has 11 atom stereocenters. The number of phosphoric acid groups is 2. The number of aromatic nitrogens is 2. The molecule has 0 spiro atoms. The summed E-state index contributed by atoms with van der Waals surface area (Å²) in [5.41, 5.74) is -1.77. The number of halogens is 1. The topological polar surface area (TPSA) is 286 Å². The van der Waals surface area contributed by atoms with Gasteiger partial charge in [0.25, 0.3) is 5.56 Å². The van der Waals surface area contributed by atoms with E-state index in [9.17, 15) is 58.1 Å². The number of aliphatic hydroxyl groups excluding tert-OH is 4. The molecule has 2 saturated heterocycles. The molecule has 0 bridgehead atoms. The summed E-state index contributed by atoms with van der Waals surface area (Å²) in [5.74, 6) is -0.827. The van der Waals surface area contributed by atoms with Gasteiger partial charge in [-0.15, -0.1) is 0 Å². The Morgan fingerprint density at radius 2 is 1.72 bits per heavy atom. The first-order valence-corrected chi connectivity index (χ1v) is 13.9. The van der Waals surface area contributed by atoms with E-state index < -0.39 is 101 Å². The van der Waals surface area contributed by atoms with Crippen LogP contribution in [0.4, 0.5) is 4.39 Å². The Balaban J connectivity index is 1.66. The molecule has 0 aliphatic carbocycles. The third-order valence-corrected chi connectivity index (χ3v) is 8.13. The Kier molecular flexibility index (Phi) is 9.98. The summed E-state index contributed by atoms with van der Waals surface area (Å²) >= 11 is 0. The number of hydrogen-bond donors (Lipinski definition) is 8. The van der Waals surface area contributed by atoms with Crippen LogP contribution in [0.25, 0.3) is 0 Å². The molecule has 2 fully saturated rings. The summed E-state index contributed by atoms with van der Waals surface area (Å²) in [4.78, 5) is 56.3. The lowest BCUT2D eigenvalue weighted by molar-refractivity contribution is -0.243. The summed E-state index contributed by atoms with van der Waals surface area (Å²) in [6, 6.07) is -0.829. The number of carbonyl (C=O) groups excluding carboxylic acids is 1. The number of alkyl halides is 1. The maximum Gasteiger partial charge on any atom is 0.483 e. The number of H-pyrrole nitrogens is 1. The molecule has 22 heteroatoms. The number of hydrogen-bond acceptors (Lipinski definition) is 14. The van der Waals surface area contributed by atoms with Crippen LogP contribution in [0.3, 0.4) is 0 Å². The third kappa shape index (κ3) is 7.65. The van der Waals surface area contributed by atoms with E-state index in [2.05, 4.69) is 18.7 Å². The second-order valence-electron chi connectivity index (χ2n) is 8.39. The van der Waals surface area contributed by atoms with Crippen LogP contribution in [0.5, 0.6) is 0 Å². The van der Waals surface area contributed by atoms with Gasteiger partial charge in [0.05, 0.1) is 6.61 Å². The molecule has 0 radical (unpaired) electrons. The second kappa shape index (κ2) is 12.3. The van der Waals surface area contributed by atoms with Crippen LogP contribution in [-0.4, -0.2) is 108 Å². The van der Waals surface area contributed by atoms with Gasteiger partial charge in [-0.1, -0.05) is 0 Å². The van der Waals surface area contributed by atoms with Gasteiger partial charge in [-0.2, -0.15) is 4.31 Å². The SMILES string of the molecule is CC(=O)N[C@H]1[C@@H](OP(=O)(O)OP(=O)(O)OC[C@H]2O[C@@H](n3ccc(=O)[nH]c3=O)[C@H](O)[C@@H]2O)O[C@H](CF)[C@@H](O)[C@@H]1O. The van der Waals surface area contributed by atoms with Crippen LogP contribution in [0.2, 0.25) is 0 Å². The van der Waals surface area contributed by atoms with Crippen molar-refractivity contribution in [3.8, 4) is 0 Å². The highest BCUT2D eigenvalue weighted by Crippen LogP contribution is 2.61. The molecule has 39 heavy (non-hydrogen) atoms. The van der Waals surface area contributed by atoms with Crippen molar-refractivity contribution >= 4 is 21.6 Å². The number of aromatic amines is 1. The van der Waals surface area contributed by atoms with E-state index in [-0.39, 0.29) is 0 Å². The minimum atomic E-state index is -5.67. The van der Waals surface area contributed by atoms with Crippen molar-refractivity contribution in [2.75, 3.05) is 13.3 Å². The van der Waals surface area contributed by atoms with Crippen molar-refractivity contribution in [3.05, 3.63) is 33.1 Å². The monoisotopic (exact) mass is 609 g/mol. The molecule has 19 nitrogen and oxygen atoms in total. The largest absolute Gasteiger partial charge is 0.483 e. The molecule has 222 valence electrons. The average molecular weight is 609 g/mol. The summed E-state index contributed by atoms with van der Waals surface area (Å²) in [5, 5.41) is 42.4. The zero-order valence-electron chi connectivity index (χ0n) is 19.8. The standard InChI is InChI=1S/C17H26FN3O16P2/c1-6(22)19-10-13(26)11(24)7(4-18)35-16(10)36-39(31,32)37-38(29,30)33-5-8-12(25)14(27)15(34-8)21-3-2-9(23)20-17(21)28/h2-3,7-8,10-16,24-27H,4-5H2,1H3,(H,19,22)(H,29,30)(H,31,32)(H,20,23,28)/t7-,8-,10-,11-,12-,13-,14-,15-,16-/m1/s1.